The van der Waals surface area contributed by atoms with Crippen molar-refractivity contribution in [2.45, 2.75) is 71.3 Å². The number of carbonyl (C=O) groups excluding carboxylic acids is 1. The van der Waals surface area contributed by atoms with Crippen molar-refractivity contribution < 1.29 is 33.2 Å². The number of benzene rings is 3. The Balaban J connectivity index is 1.66. The first-order valence-corrected chi connectivity index (χ1v) is 13.6. The molecular weight excluding hydrogens is 508 g/mol. The number of rotatable bonds is 13. The average Bonchev–Trinajstić information content (AvgIpc) is 2.99. The van der Waals surface area contributed by atoms with Gasteiger partial charge in [-0.2, -0.15) is 0 Å². The van der Waals surface area contributed by atoms with Gasteiger partial charge in [-0.25, -0.2) is 0 Å². The Morgan fingerprint density at radius 1 is 0.700 bits per heavy atom. The van der Waals surface area contributed by atoms with Crippen LogP contribution in [-0.4, -0.2) is 43.3 Å². The van der Waals surface area contributed by atoms with E-state index in [2.05, 4.69) is 0 Å². The molecule has 0 amide bonds. The minimum Gasteiger partial charge on any atom is -0.467 e. The topological polar surface area (TPSA) is 72.5 Å². The van der Waals surface area contributed by atoms with Gasteiger partial charge < -0.3 is 28.4 Å². The molecule has 1 aliphatic heterocycles. The molecule has 1 heterocycles. The molecule has 0 aromatic heterocycles. The Hall–Kier alpha value is -3.49. The molecule has 1 saturated heterocycles. The second-order valence-corrected chi connectivity index (χ2v) is 9.65. The average molecular weight is 547 g/mol. The van der Waals surface area contributed by atoms with Crippen LogP contribution in [0.5, 0.6) is 0 Å². The van der Waals surface area contributed by atoms with Crippen LogP contribution in [0.15, 0.2) is 103 Å². The minimum atomic E-state index is -0.821. The summed E-state index contributed by atoms with van der Waals surface area (Å²) in [6, 6.07) is 29.7. The Labute approximate surface area is 236 Å². The predicted octanol–water partition coefficient (Wildman–Crippen LogP) is 5.97. The molecule has 40 heavy (non-hydrogen) atoms. The molecule has 3 aromatic rings. The van der Waals surface area contributed by atoms with E-state index < -0.39 is 36.7 Å². The lowest BCUT2D eigenvalue weighted by molar-refractivity contribution is -0.319. The monoisotopic (exact) mass is 546 g/mol. The third-order valence-electron chi connectivity index (χ3n) is 6.61. The molecule has 3 aromatic carbocycles. The maximum atomic E-state index is 11.8. The van der Waals surface area contributed by atoms with Crippen LogP contribution < -0.4 is 0 Å². The largest absolute Gasteiger partial charge is 0.467 e. The lowest BCUT2D eigenvalue weighted by atomic mass is 9.97. The van der Waals surface area contributed by atoms with E-state index in [0.29, 0.717) is 25.6 Å². The van der Waals surface area contributed by atoms with Gasteiger partial charge in [0, 0.05) is 6.92 Å². The summed E-state index contributed by atoms with van der Waals surface area (Å²) in [7, 11) is 0. The van der Waals surface area contributed by atoms with Crippen molar-refractivity contribution in [1.29, 1.82) is 0 Å². The second-order valence-electron chi connectivity index (χ2n) is 9.65. The zero-order valence-corrected chi connectivity index (χ0v) is 23.3. The first kappa shape index (κ1) is 29.5. The zero-order valence-electron chi connectivity index (χ0n) is 23.3. The normalized spacial score (nSPS) is 23.0. The fourth-order valence-corrected chi connectivity index (χ4v) is 4.43. The van der Waals surface area contributed by atoms with Crippen LogP contribution in [0.25, 0.3) is 0 Å². The van der Waals surface area contributed by atoms with Crippen LogP contribution in [0.1, 0.15) is 37.5 Å². The fourth-order valence-electron chi connectivity index (χ4n) is 4.43. The molecule has 7 nitrogen and oxygen atoms in total. The van der Waals surface area contributed by atoms with Crippen molar-refractivity contribution >= 4 is 5.97 Å². The minimum absolute atomic E-state index is 0.0138. The molecule has 0 saturated carbocycles. The highest BCUT2D eigenvalue weighted by molar-refractivity contribution is 5.65. The van der Waals surface area contributed by atoms with Crippen LogP contribution in [0.4, 0.5) is 0 Å². The summed E-state index contributed by atoms with van der Waals surface area (Å²) < 4.78 is 37.6. The van der Waals surface area contributed by atoms with E-state index >= 15 is 0 Å². The summed E-state index contributed by atoms with van der Waals surface area (Å²) in [5.74, 6) is 0.270. The molecule has 0 aliphatic carbocycles. The van der Waals surface area contributed by atoms with E-state index in [0.717, 1.165) is 16.7 Å². The van der Waals surface area contributed by atoms with Crippen molar-refractivity contribution in [3.8, 4) is 0 Å². The summed E-state index contributed by atoms with van der Waals surface area (Å²) in [4.78, 5) is 11.8. The molecule has 0 radical (unpaired) electrons. The van der Waals surface area contributed by atoms with E-state index in [9.17, 15) is 4.79 Å². The Bertz CT molecular complexity index is 1180. The van der Waals surface area contributed by atoms with Gasteiger partial charge in [-0.05, 0) is 36.6 Å². The smallest absolute Gasteiger partial charge is 0.302 e. The summed E-state index contributed by atoms with van der Waals surface area (Å²) in [6.45, 7) is 6.09. The SMILES string of the molecule is C/C=C(\C)O[C@@H]1O[C@H](COC(C)=O)[C@@H](OCc2ccccc2)[C@H](OCc2ccccc2)[C@H]1OCc1ccccc1. The predicted molar refractivity (Wildman–Crippen MR) is 151 cm³/mol. The molecular formula is C33H38O7. The molecule has 212 valence electrons. The van der Waals surface area contributed by atoms with Gasteiger partial charge in [0.25, 0.3) is 0 Å². The van der Waals surface area contributed by atoms with E-state index in [1.807, 2.05) is 111 Å². The Morgan fingerprint density at radius 2 is 1.15 bits per heavy atom. The van der Waals surface area contributed by atoms with Gasteiger partial charge in [0.2, 0.25) is 6.29 Å². The standard InChI is InChI=1S/C33H38O7/c1-4-24(2)39-33-32(38-22-28-18-12-7-13-19-28)31(37-21-27-16-10-6-11-17-27)30(29(40-33)23-35-25(3)34)36-20-26-14-8-5-9-15-26/h4-19,29-33H,20-23H2,1-3H3/b24-4+/t29-,30-,31+,32-,33-/m1/s1. The maximum Gasteiger partial charge on any atom is 0.302 e. The van der Waals surface area contributed by atoms with E-state index in [-0.39, 0.29) is 6.61 Å². The molecule has 5 atom stereocenters. The number of hydrogen-bond donors (Lipinski definition) is 0. The molecule has 0 spiro atoms. The maximum absolute atomic E-state index is 11.8. The molecule has 1 aliphatic rings. The van der Waals surface area contributed by atoms with Crippen LogP contribution in [-0.2, 0) is 53.0 Å². The van der Waals surface area contributed by atoms with E-state index in [1.54, 1.807) is 0 Å². The van der Waals surface area contributed by atoms with E-state index in [1.165, 1.54) is 6.92 Å². The van der Waals surface area contributed by atoms with Crippen molar-refractivity contribution in [3.05, 3.63) is 120 Å². The molecule has 0 unspecified atom stereocenters. The number of hydrogen-bond acceptors (Lipinski definition) is 7. The third-order valence-corrected chi connectivity index (χ3v) is 6.61. The lowest BCUT2D eigenvalue weighted by Crippen LogP contribution is -2.61. The summed E-state index contributed by atoms with van der Waals surface area (Å²) >= 11 is 0. The van der Waals surface area contributed by atoms with E-state index in [4.69, 9.17) is 28.4 Å². The van der Waals surface area contributed by atoms with Gasteiger partial charge in [0.1, 0.15) is 31.0 Å². The highest BCUT2D eigenvalue weighted by Gasteiger charge is 2.50. The molecule has 1 fully saturated rings. The summed E-state index contributed by atoms with van der Waals surface area (Å²) in [6.07, 6.45) is -1.48. The van der Waals surface area contributed by atoms with Crippen molar-refractivity contribution in [3.63, 3.8) is 0 Å². The summed E-state index contributed by atoms with van der Waals surface area (Å²) in [5.41, 5.74) is 3.02. The third kappa shape index (κ3) is 8.76. The van der Waals surface area contributed by atoms with Crippen molar-refractivity contribution in [1.82, 2.24) is 0 Å². The first-order chi connectivity index (χ1) is 19.5. The van der Waals surface area contributed by atoms with Crippen molar-refractivity contribution in [2.24, 2.45) is 0 Å². The molecule has 0 bridgehead atoms. The van der Waals surface area contributed by atoms with Crippen LogP contribution in [0.2, 0.25) is 0 Å². The first-order valence-electron chi connectivity index (χ1n) is 13.6. The molecule has 7 heteroatoms. The molecule has 4 rings (SSSR count). The number of esters is 1. The van der Waals surface area contributed by atoms with Crippen molar-refractivity contribution in [2.75, 3.05) is 6.61 Å². The van der Waals surface area contributed by atoms with Gasteiger partial charge >= 0.3 is 5.97 Å². The van der Waals surface area contributed by atoms with Crippen LogP contribution in [0.3, 0.4) is 0 Å². The van der Waals surface area contributed by atoms with Crippen LogP contribution >= 0.6 is 0 Å². The highest BCUT2D eigenvalue weighted by atomic mass is 16.7. The number of carbonyl (C=O) groups is 1. The second kappa shape index (κ2) is 15.3. The highest BCUT2D eigenvalue weighted by Crippen LogP contribution is 2.32. The summed E-state index contributed by atoms with van der Waals surface area (Å²) in [5, 5.41) is 0. The molecule has 0 N–H and O–H groups in total. The zero-order chi connectivity index (χ0) is 28.2. The quantitative estimate of drug-likeness (QED) is 0.193. The van der Waals surface area contributed by atoms with Gasteiger partial charge in [-0.1, -0.05) is 91.0 Å². The van der Waals surface area contributed by atoms with Gasteiger partial charge in [-0.15, -0.1) is 0 Å². The fraction of sp³-hybridized carbons (Fsp3) is 0.364. The van der Waals surface area contributed by atoms with Gasteiger partial charge in [0.15, 0.2) is 0 Å². The van der Waals surface area contributed by atoms with Crippen LogP contribution in [0, 0.1) is 0 Å². The number of ether oxygens (including phenoxy) is 6. The van der Waals surface area contributed by atoms with Gasteiger partial charge in [-0.3, -0.25) is 4.79 Å². The lowest BCUT2D eigenvalue weighted by Gasteiger charge is -2.45. The Kier molecular flexibility index (Phi) is 11.3. The Morgan fingerprint density at radius 3 is 1.60 bits per heavy atom. The number of allylic oxidation sites excluding steroid dienone is 2. The van der Waals surface area contributed by atoms with Gasteiger partial charge in [0.05, 0.1) is 25.6 Å².